The van der Waals surface area contributed by atoms with Crippen molar-refractivity contribution in [3.63, 3.8) is 0 Å². The Bertz CT molecular complexity index is 360. The third-order valence-electron chi connectivity index (χ3n) is 4.23. The van der Waals surface area contributed by atoms with Crippen LogP contribution in [0.25, 0.3) is 0 Å². The van der Waals surface area contributed by atoms with Crippen LogP contribution in [0.1, 0.15) is 37.2 Å². The van der Waals surface area contributed by atoms with Crippen molar-refractivity contribution in [3.8, 4) is 0 Å². The largest absolute Gasteiger partial charge is 0.313 e. The van der Waals surface area contributed by atoms with Crippen molar-refractivity contribution < 1.29 is 0 Å². The fourth-order valence-corrected chi connectivity index (χ4v) is 3.53. The number of hydrogen-bond acceptors (Lipinski definition) is 1. The molecule has 3 atom stereocenters. The van der Waals surface area contributed by atoms with Crippen molar-refractivity contribution >= 4 is 11.6 Å². The zero-order chi connectivity index (χ0) is 11.0. The van der Waals surface area contributed by atoms with Crippen LogP contribution in [0.3, 0.4) is 0 Å². The lowest BCUT2D eigenvalue weighted by molar-refractivity contribution is 0.308. The smallest absolute Gasteiger partial charge is 0.0406 e. The van der Waals surface area contributed by atoms with Gasteiger partial charge in [-0.05, 0) is 36.5 Å². The minimum atomic E-state index is 0.711. The number of benzene rings is 1. The third kappa shape index (κ3) is 1.87. The number of hydrogen-bond donors (Lipinski definition) is 1. The fraction of sp³-hybridized carbons (Fsp3) is 0.571. The molecule has 3 unspecified atom stereocenters. The van der Waals surface area contributed by atoms with Crippen LogP contribution in [0.4, 0.5) is 0 Å². The molecule has 2 fully saturated rings. The highest BCUT2D eigenvalue weighted by atomic mass is 35.5. The zero-order valence-electron chi connectivity index (χ0n) is 9.45. The lowest BCUT2D eigenvalue weighted by atomic mass is 9.77. The molecule has 0 bridgehead atoms. The van der Waals surface area contributed by atoms with Crippen LogP contribution in [0.2, 0.25) is 5.02 Å². The summed E-state index contributed by atoms with van der Waals surface area (Å²) >= 11 is 5.94. The first kappa shape index (κ1) is 10.6. The maximum absolute atomic E-state index is 5.94. The second kappa shape index (κ2) is 4.38. The third-order valence-corrected chi connectivity index (χ3v) is 4.49. The normalized spacial score (nSPS) is 33.7. The van der Waals surface area contributed by atoms with Gasteiger partial charge in [-0.25, -0.2) is 0 Å². The molecule has 1 aromatic rings. The van der Waals surface area contributed by atoms with Gasteiger partial charge in [0.05, 0.1) is 0 Å². The topological polar surface area (TPSA) is 12.0 Å². The Morgan fingerprint density at radius 1 is 1.06 bits per heavy atom. The van der Waals surface area contributed by atoms with Gasteiger partial charge in [-0.1, -0.05) is 36.6 Å². The van der Waals surface area contributed by atoms with E-state index in [4.69, 9.17) is 11.6 Å². The van der Waals surface area contributed by atoms with E-state index in [0.717, 1.165) is 23.5 Å². The quantitative estimate of drug-likeness (QED) is 0.785. The Morgan fingerprint density at radius 2 is 1.81 bits per heavy atom. The lowest BCUT2D eigenvalue weighted by Crippen LogP contribution is -2.29. The highest BCUT2D eigenvalue weighted by Gasteiger charge is 2.37. The van der Waals surface area contributed by atoms with E-state index in [-0.39, 0.29) is 0 Å². The number of rotatable bonds is 1. The molecule has 3 rings (SSSR count). The fourth-order valence-electron chi connectivity index (χ4n) is 3.40. The lowest BCUT2D eigenvalue weighted by Gasteiger charge is -2.28. The van der Waals surface area contributed by atoms with Crippen molar-refractivity contribution in [2.45, 2.75) is 37.6 Å². The number of fused-ring (bicyclic) bond motifs is 1. The molecule has 1 aliphatic heterocycles. The van der Waals surface area contributed by atoms with Crippen LogP contribution < -0.4 is 5.32 Å². The van der Waals surface area contributed by atoms with Crippen molar-refractivity contribution in [1.82, 2.24) is 5.32 Å². The molecule has 1 nitrogen and oxygen atoms in total. The van der Waals surface area contributed by atoms with Crippen molar-refractivity contribution in [2.75, 3.05) is 6.54 Å². The zero-order valence-corrected chi connectivity index (χ0v) is 10.2. The molecule has 2 aliphatic rings. The summed E-state index contributed by atoms with van der Waals surface area (Å²) < 4.78 is 0. The number of halogens is 1. The first-order chi connectivity index (χ1) is 7.84. The van der Waals surface area contributed by atoms with Crippen LogP contribution >= 0.6 is 11.6 Å². The summed E-state index contributed by atoms with van der Waals surface area (Å²) in [5.74, 6) is 1.57. The van der Waals surface area contributed by atoms with E-state index < -0.39 is 0 Å². The van der Waals surface area contributed by atoms with Gasteiger partial charge in [0.25, 0.3) is 0 Å². The SMILES string of the molecule is Clc1ccc(C2CNC3CCCCC32)cc1. The minimum Gasteiger partial charge on any atom is -0.313 e. The van der Waals surface area contributed by atoms with E-state index in [1.165, 1.54) is 31.2 Å². The van der Waals surface area contributed by atoms with E-state index in [0.29, 0.717) is 5.92 Å². The first-order valence-electron chi connectivity index (χ1n) is 6.33. The Labute approximate surface area is 102 Å². The molecule has 86 valence electrons. The summed E-state index contributed by atoms with van der Waals surface area (Å²) in [6, 6.07) is 9.21. The van der Waals surface area contributed by atoms with Crippen molar-refractivity contribution in [1.29, 1.82) is 0 Å². The highest BCUT2D eigenvalue weighted by Crippen LogP contribution is 2.40. The predicted octanol–water partition coefficient (Wildman–Crippen LogP) is 3.59. The highest BCUT2D eigenvalue weighted by molar-refractivity contribution is 6.30. The van der Waals surface area contributed by atoms with Gasteiger partial charge in [0.15, 0.2) is 0 Å². The van der Waals surface area contributed by atoms with Crippen LogP contribution in [-0.2, 0) is 0 Å². The van der Waals surface area contributed by atoms with Gasteiger partial charge in [-0.2, -0.15) is 0 Å². The van der Waals surface area contributed by atoms with Crippen LogP contribution in [0.15, 0.2) is 24.3 Å². The molecule has 1 aliphatic carbocycles. The monoisotopic (exact) mass is 235 g/mol. The Kier molecular flexibility index (Phi) is 2.91. The predicted molar refractivity (Wildman–Crippen MR) is 67.9 cm³/mol. The maximum Gasteiger partial charge on any atom is 0.0406 e. The Morgan fingerprint density at radius 3 is 2.62 bits per heavy atom. The molecule has 0 spiro atoms. The van der Waals surface area contributed by atoms with Crippen LogP contribution in [0, 0.1) is 5.92 Å². The molecule has 1 saturated heterocycles. The standard InChI is InChI=1S/C14H18ClN/c15-11-7-5-10(6-8-11)13-9-16-14-4-2-1-3-12(13)14/h5-8,12-14,16H,1-4,9H2. The van der Waals surface area contributed by atoms with E-state index in [9.17, 15) is 0 Å². The molecule has 1 aromatic carbocycles. The number of nitrogens with one attached hydrogen (secondary N) is 1. The molecule has 2 heteroatoms. The van der Waals surface area contributed by atoms with Gasteiger partial charge >= 0.3 is 0 Å². The van der Waals surface area contributed by atoms with Gasteiger partial charge in [0.1, 0.15) is 0 Å². The summed E-state index contributed by atoms with van der Waals surface area (Å²) in [6.07, 6.45) is 5.58. The molecule has 16 heavy (non-hydrogen) atoms. The second-order valence-electron chi connectivity index (χ2n) is 5.12. The summed E-state index contributed by atoms with van der Waals surface area (Å²) in [4.78, 5) is 0. The van der Waals surface area contributed by atoms with E-state index in [2.05, 4.69) is 17.4 Å². The molecule has 0 aromatic heterocycles. The van der Waals surface area contributed by atoms with Gasteiger partial charge in [-0.3, -0.25) is 0 Å². The molecular weight excluding hydrogens is 218 g/mol. The van der Waals surface area contributed by atoms with Gasteiger partial charge in [0.2, 0.25) is 0 Å². The maximum atomic E-state index is 5.94. The van der Waals surface area contributed by atoms with E-state index >= 15 is 0 Å². The van der Waals surface area contributed by atoms with Gasteiger partial charge in [0, 0.05) is 23.5 Å². The summed E-state index contributed by atoms with van der Waals surface area (Å²) in [6.45, 7) is 1.15. The average Bonchev–Trinajstić information content (AvgIpc) is 2.74. The van der Waals surface area contributed by atoms with Crippen LogP contribution in [-0.4, -0.2) is 12.6 Å². The Balaban J connectivity index is 1.82. The molecule has 0 amide bonds. The summed E-state index contributed by atoms with van der Waals surface area (Å²) in [5.41, 5.74) is 1.46. The molecule has 1 heterocycles. The first-order valence-corrected chi connectivity index (χ1v) is 6.71. The van der Waals surface area contributed by atoms with Gasteiger partial charge < -0.3 is 5.32 Å². The van der Waals surface area contributed by atoms with E-state index in [1.54, 1.807) is 0 Å². The second-order valence-corrected chi connectivity index (χ2v) is 5.56. The van der Waals surface area contributed by atoms with Crippen molar-refractivity contribution in [2.24, 2.45) is 5.92 Å². The van der Waals surface area contributed by atoms with E-state index in [1.807, 2.05) is 12.1 Å². The molecule has 1 N–H and O–H groups in total. The molecule has 1 saturated carbocycles. The summed E-state index contributed by atoms with van der Waals surface area (Å²) in [7, 11) is 0. The summed E-state index contributed by atoms with van der Waals surface area (Å²) in [5, 5.41) is 4.53. The minimum absolute atomic E-state index is 0.711. The van der Waals surface area contributed by atoms with Crippen LogP contribution in [0.5, 0.6) is 0 Å². The Hall–Kier alpha value is -0.530. The molecular formula is C14H18ClN. The van der Waals surface area contributed by atoms with Gasteiger partial charge in [-0.15, -0.1) is 0 Å². The molecule has 0 radical (unpaired) electrons. The van der Waals surface area contributed by atoms with Crippen molar-refractivity contribution in [3.05, 3.63) is 34.9 Å². The average molecular weight is 236 g/mol.